The van der Waals surface area contributed by atoms with E-state index >= 15 is 0 Å². The van der Waals surface area contributed by atoms with Gasteiger partial charge in [-0.3, -0.25) is 4.72 Å². The molecule has 7 heteroatoms. The Morgan fingerprint density at radius 3 is 2.58 bits per heavy atom. The number of aryl methyl sites for hydroxylation is 2. The molecule has 0 aliphatic carbocycles. The standard InChI is InChI=1S/C17H23NO5S/c1-5-6-7-8-22-17(19)16-12(3)23-15-9-11(2)14(10-13(15)16)18-24(4,20)21/h9-10,18H,5-8H2,1-4H3. The molecule has 1 N–H and O–H groups in total. The van der Waals surface area contributed by atoms with Gasteiger partial charge in [0, 0.05) is 5.39 Å². The first-order valence-corrected chi connectivity index (χ1v) is 9.80. The number of rotatable bonds is 7. The molecule has 24 heavy (non-hydrogen) atoms. The molecular formula is C17H23NO5S. The van der Waals surface area contributed by atoms with Crippen LogP contribution in [-0.2, 0) is 14.8 Å². The molecule has 6 nitrogen and oxygen atoms in total. The van der Waals surface area contributed by atoms with Crippen LogP contribution in [0.4, 0.5) is 5.69 Å². The second-order valence-electron chi connectivity index (χ2n) is 5.91. The normalized spacial score (nSPS) is 11.7. The van der Waals surface area contributed by atoms with Gasteiger partial charge in [0.05, 0.1) is 18.6 Å². The van der Waals surface area contributed by atoms with Crippen LogP contribution >= 0.6 is 0 Å². The van der Waals surface area contributed by atoms with Crippen molar-refractivity contribution in [3.05, 3.63) is 29.0 Å². The van der Waals surface area contributed by atoms with Crippen molar-refractivity contribution in [3.8, 4) is 0 Å². The molecule has 132 valence electrons. The Hall–Kier alpha value is -2.02. The van der Waals surface area contributed by atoms with Crippen LogP contribution in [0.25, 0.3) is 11.0 Å². The number of benzene rings is 1. The third-order valence-electron chi connectivity index (χ3n) is 3.69. The van der Waals surface area contributed by atoms with Crippen LogP contribution in [-0.4, -0.2) is 27.2 Å². The Morgan fingerprint density at radius 1 is 1.25 bits per heavy atom. The highest BCUT2D eigenvalue weighted by Gasteiger charge is 2.21. The zero-order valence-corrected chi connectivity index (χ0v) is 15.2. The van der Waals surface area contributed by atoms with E-state index in [1.165, 1.54) is 0 Å². The lowest BCUT2D eigenvalue weighted by Gasteiger charge is -2.08. The number of hydrogen-bond donors (Lipinski definition) is 1. The quantitative estimate of drug-likeness (QED) is 0.605. The number of esters is 1. The van der Waals surface area contributed by atoms with Crippen LogP contribution < -0.4 is 4.72 Å². The Balaban J connectivity index is 2.37. The van der Waals surface area contributed by atoms with Crippen LogP contribution in [0.2, 0.25) is 0 Å². The molecule has 0 spiro atoms. The number of ether oxygens (including phenoxy) is 1. The minimum atomic E-state index is -3.41. The zero-order chi connectivity index (χ0) is 17.9. The van der Waals surface area contributed by atoms with Gasteiger partial charge in [-0.15, -0.1) is 0 Å². The lowest BCUT2D eigenvalue weighted by Crippen LogP contribution is -2.11. The van der Waals surface area contributed by atoms with Crippen molar-refractivity contribution in [2.75, 3.05) is 17.6 Å². The van der Waals surface area contributed by atoms with Gasteiger partial charge in [-0.05, 0) is 38.0 Å². The molecule has 0 saturated carbocycles. The summed E-state index contributed by atoms with van der Waals surface area (Å²) in [7, 11) is -3.41. The lowest BCUT2D eigenvalue weighted by molar-refractivity contribution is 0.0498. The van der Waals surface area contributed by atoms with E-state index in [1.54, 1.807) is 26.0 Å². The smallest absolute Gasteiger partial charge is 0.342 e. The summed E-state index contributed by atoms with van der Waals surface area (Å²) in [5, 5.41) is 0.546. The summed E-state index contributed by atoms with van der Waals surface area (Å²) in [6, 6.07) is 3.33. The average molecular weight is 353 g/mol. The summed E-state index contributed by atoms with van der Waals surface area (Å²) in [5.41, 5.74) is 2.01. The monoisotopic (exact) mass is 353 g/mol. The van der Waals surface area contributed by atoms with E-state index in [-0.39, 0.29) is 0 Å². The van der Waals surface area contributed by atoms with E-state index in [1.807, 2.05) is 0 Å². The van der Waals surface area contributed by atoms with Crippen molar-refractivity contribution in [3.63, 3.8) is 0 Å². The van der Waals surface area contributed by atoms with Gasteiger partial charge in [0.25, 0.3) is 0 Å². The molecule has 1 aromatic carbocycles. The Morgan fingerprint density at radius 2 is 1.96 bits per heavy atom. The third-order valence-corrected chi connectivity index (χ3v) is 4.28. The number of sulfonamides is 1. The molecule has 0 unspecified atom stereocenters. The zero-order valence-electron chi connectivity index (χ0n) is 14.4. The van der Waals surface area contributed by atoms with Crippen molar-refractivity contribution in [2.45, 2.75) is 40.0 Å². The number of hydrogen-bond acceptors (Lipinski definition) is 5. The number of carbonyl (C=O) groups excluding carboxylic acids is 1. The molecule has 1 aromatic heterocycles. The summed E-state index contributed by atoms with van der Waals surface area (Å²) in [6.45, 7) is 5.91. The Kier molecular flexibility index (Phi) is 5.54. The molecule has 0 aliphatic heterocycles. The van der Waals surface area contributed by atoms with Crippen LogP contribution in [0, 0.1) is 13.8 Å². The largest absolute Gasteiger partial charge is 0.462 e. The van der Waals surface area contributed by atoms with E-state index in [0.717, 1.165) is 25.5 Å². The molecule has 0 aliphatic rings. The fourth-order valence-electron chi connectivity index (χ4n) is 2.52. The number of nitrogens with one attached hydrogen (secondary N) is 1. The molecule has 1 heterocycles. The van der Waals surface area contributed by atoms with E-state index in [2.05, 4.69) is 11.6 Å². The number of furan rings is 1. The maximum Gasteiger partial charge on any atom is 0.342 e. The van der Waals surface area contributed by atoms with Crippen molar-refractivity contribution < 1.29 is 22.4 Å². The van der Waals surface area contributed by atoms with Gasteiger partial charge < -0.3 is 9.15 Å². The van der Waals surface area contributed by atoms with Crippen molar-refractivity contribution in [1.82, 2.24) is 0 Å². The highest BCUT2D eigenvalue weighted by atomic mass is 32.2. The van der Waals surface area contributed by atoms with Gasteiger partial charge in [-0.1, -0.05) is 19.8 Å². The van der Waals surface area contributed by atoms with Gasteiger partial charge in [-0.25, -0.2) is 13.2 Å². The average Bonchev–Trinajstić information content (AvgIpc) is 2.77. The topological polar surface area (TPSA) is 85.6 Å². The van der Waals surface area contributed by atoms with Gasteiger partial charge in [0.2, 0.25) is 10.0 Å². The van der Waals surface area contributed by atoms with Crippen molar-refractivity contribution in [1.29, 1.82) is 0 Å². The van der Waals surface area contributed by atoms with Gasteiger partial charge in [-0.2, -0.15) is 0 Å². The molecule has 2 rings (SSSR count). The van der Waals surface area contributed by atoms with Crippen LogP contribution in [0.15, 0.2) is 16.5 Å². The Bertz CT molecular complexity index is 851. The molecular weight excluding hydrogens is 330 g/mol. The van der Waals surface area contributed by atoms with E-state index in [9.17, 15) is 13.2 Å². The highest BCUT2D eigenvalue weighted by molar-refractivity contribution is 7.92. The highest BCUT2D eigenvalue weighted by Crippen LogP contribution is 2.31. The van der Waals surface area contributed by atoms with Crippen LogP contribution in [0.3, 0.4) is 0 Å². The molecule has 0 saturated heterocycles. The summed E-state index contributed by atoms with van der Waals surface area (Å²) < 4.78 is 36.4. The van der Waals surface area contributed by atoms with Gasteiger partial charge in [0.15, 0.2) is 0 Å². The number of fused-ring (bicyclic) bond motifs is 1. The molecule has 0 amide bonds. The molecule has 0 fully saturated rings. The van der Waals surface area contributed by atoms with Gasteiger partial charge in [0.1, 0.15) is 16.9 Å². The predicted molar refractivity (Wildman–Crippen MR) is 94.0 cm³/mol. The minimum absolute atomic E-state index is 0.345. The number of unbranched alkanes of at least 4 members (excludes halogenated alkanes) is 2. The summed E-state index contributed by atoms with van der Waals surface area (Å²) in [6.07, 6.45) is 3.95. The minimum Gasteiger partial charge on any atom is -0.462 e. The first-order chi connectivity index (χ1) is 11.2. The molecule has 0 atom stereocenters. The molecule has 0 radical (unpaired) electrons. The first kappa shape index (κ1) is 18.3. The molecule has 0 bridgehead atoms. The van der Waals surface area contributed by atoms with Crippen molar-refractivity contribution in [2.24, 2.45) is 0 Å². The lowest BCUT2D eigenvalue weighted by atomic mass is 10.1. The predicted octanol–water partition coefficient (Wildman–Crippen LogP) is 3.77. The van der Waals surface area contributed by atoms with Crippen LogP contribution in [0.1, 0.15) is 47.9 Å². The summed E-state index contributed by atoms with van der Waals surface area (Å²) in [5.74, 6) is 0.0120. The summed E-state index contributed by atoms with van der Waals surface area (Å²) >= 11 is 0. The van der Waals surface area contributed by atoms with E-state index in [4.69, 9.17) is 9.15 Å². The molecule has 2 aromatic rings. The first-order valence-electron chi connectivity index (χ1n) is 7.91. The number of carbonyl (C=O) groups is 1. The number of anilines is 1. The summed E-state index contributed by atoms with van der Waals surface area (Å²) in [4.78, 5) is 12.4. The van der Waals surface area contributed by atoms with E-state index in [0.29, 0.717) is 40.2 Å². The SMILES string of the molecule is CCCCCOC(=O)c1c(C)oc2cc(C)c(NS(C)(=O)=O)cc12. The van der Waals surface area contributed by atoms with Crippen molar-refractivity contribution >= 4 is 32.6 Å². The fraction of sp³-hybridized carbons (Fsp3) is 0.471. The maximum atomic E-state index is 12.4. The van der Waals surface area contributed by atoms with Gasteiger partial charge >= 0.3 is 5.97 Å². The third kappa shape index (κ3) is 4.29. The maximum absolute atomic E-state index is 12.4. The second-order valence-corrected chi connectivity index (χ2v) is 7.66. The Labute approximate surface area is 142 Å². The van der Waals surface area contributed by atoms with E-state index < -0.39 is 16.0 Å². The van der Waals surface area contributed by atoms with Crippen LogP contribution in [0.5, 0.6) is 0 Å². The fourth-order valence-corrected chi connectivity index (χ4v) is 3.14. The second kappa shape index (κ2) is 7.25.